The zero-order chi connectivity index (χ0) is 3.41. The van der Waals surface area contributed by atoms with E-state index in [0.717, 1.165) is 0 Å². The summed E-state index contributed by atoms with van der Waals surface area (Å²) in [4.78, 5) is 0. The maximum atomic E-state index is 4.90. The molecular weight excluding hydrogens is 116 g/mol. The Hall–Kier alpha value is 0.439. The Balaban J connectivity index is -0.0000000150. The molecule has 0 rings (SSSR count). The fourth-order valence-electron chi connectivity index (χ4n) is 0. The van der Waals surface area contributed by atoms with Crippen molar-refractivity contribution in [2.45, 2.75) is 0 Å². The minimum Gasteiger partial charge on any atom is -1.00 e. The summed E-state index contributed by atoms with van der Waals surface area (Å²) >= 11 is 0. The Morgan fingerprint density at radius 3 is 1.40 bits per heavy atom. The second-order valence-electron chi connectivity index (χ2n) is 0.577. The molecule has 2 nitrogen and oxygen atoms in total. The molecule has 0 aromatic carbocycles. The van der Waals surface area contributed by atoms with E-state index in [-0.39, 0.29) is 19.9 Å². The first-order chi connectivity index (χ1) is 1.91. The summed E-state index contributed by atoms with van der Waals surface area (Å²) in [6.07, 6.45) is 0. The smallest absolute Gasteiger partial charge is 1.00 e. The van der Waals surface area contributed by atoms with Crippen LogP contribution in [-0.2, 0) is 17.1 Å². The summed E-state index contributed by atoms with van der Waals surface area (Å²) in [5.41, 5.74) is 9.81. The van der Waals surface area contributed by atoms with Crippen LogP contribution in [0.3, 0.4) is 0 Å². The normalized spacial score (nSPS) is 6.00. The van der Waals surface area contributed by atoms with Crippen molar-refractivity contribution in [1.82, 2.24) is 0 Å². The topological polar surface area (TPSA) is 52.0 Å². The van der Waals surface area contributed by atoms with Crippen molar-refractivity contribution in [3.05, 3.63) is 0 Å². The number of rotatable bonds is 1. The Morgan fingerprint density at radius 2 is 1.40 bits per heavy atom. The number of hydrogen-bond donors (Lipinski definition) is 2. The van der Waals surface area contributed by atoms with Crippen LogP contribution in [0.1, 0.15) is 2.85 Å². The van der Waals surface area contributed by atoms with Gasteiger partial charge < -0.3 is 14.3 Å². The first kappa shape index (κ1) is 9.06. The molecule has 0 heterocycles. The molecular formula is C2H10CuN2. The van der Waals surface area contributed by atoms with Gasteiger partial charge in [0.15, 0.2) is 0 Å². The van der Waals surface area contributed by atoms with E-state index in [1.165, 1.54) is 0 Å². The quantitative estimate of drug-likeness (QED) is 0.448. The molecule has 0 unspecified atom stereocenters. The number of nitrogens with two attached hydrogens (primary N) is 2. The SMILES string of the molecule is NCCN.[Cu+2].[H-].[H-]. The zero-order valence-corrected chi connectivity index (χ0v) is 3.81. The monoisotopic (exact) mass is 125 g/mol. The third kappa shape index (κ3) is 12.8. The first-order valence-electron chi connectivity index (χ1n) is 1.32. The summed E-state index contributed by atoms with van der Waals surface area (Å²) in [5.74, 6) is 0. The van der Waals surface area contributed by atoms with Crippen LogP contribution < -0.4 is 11.5 Å². The van der Waals surface area contributed by atoms with Gasteiger partial charge in [0, 0.05) is 13.1 Å². The van der Waals surface area contributed by atoms with Crippen LogP contribution in [0.5, 0.6) is 0 Å². The molecule has 5 heavy (non-hydrogen) atoms. The molecule has 0 fully saturated rings. The maximum Gasteiger partial charge on any atom is 2.00 e. The van der Waals surface area contributed by atoms with Crippen LogP contribution in [0, 0.1) is 0 Å². The second kappa shape index (κ2) is 8.83. The molecule has 0 aromatic rings. The van der Waals surface area contributed by atoms with Crippen LogP contribution >= 0.6 is 0 Å². The molecule has 0 aromatic heterocycles. The molecule has 0 bridgehead atoms. The molecule has 0 atom stereocenters. The minimum atomic E-state index is 0. The Bertz CT molecular complexity index is 15.7. The van der Waals surface area contributed by atoms with E-state index in [4.69, 9.17) is 11.5 Å². The van der Waals surface area contributed by atoms with Crippen LogP contribution in [0.4, 0.5) is 0 Å². The van der Waals surface area contributed by atoms with Gasteiger partial charge >= 0.3 is 17.1 Å². The summed E-state index contributed by atoms with van der Waals surface area (Å²) < 4.78 is 0. The molecule has 0 amide bonds. The van der Waals surface area contributed by atoms with Gasteiger partial charge in [-0.2, -0.15) is 0 Å². The van der Waals surface area contributed by atoms with Crippen molar-refractivity contribution in [2.24, 2.45) is 11.5 Å². The van der Waals surface area contributed by atoms with Gasteiger partial charge in [-0.25, -0.2) is 0 Å². The molecule has 1 radical (unpaired) electrons. The molecule has 0 aliphatic carbocycles. The summed E-state index contributed by atoms with van der Waals surface area (Å²) in [6.45, 7) is 1.19. The molecule has 0 aliphatic heterocycles. The van der Waals surface area contributed by atoms with Gasteiger partial charge in [0.25, 0.3) is 0 Å². The van der Waals surface area contributed by atoms with Crippen molar-refractivity contribution >= 4 is 0 Å². The molecule has 0 saturated heterocycles. The van der Waals surface area contributed by atoms with Crippen molar-refractivity contribution in [3.63, 3.8) is 0 Å². The van der Waals surface area contributed by atoms with Gasteiger partial charge in [0.05, 0.1) is 0 Å². The zero-order valence-electron chi connectivity index (χ0n) is 4.87. The van der Waals surface area contributed by atoms with Crippen LogP contribution in [-0.4, -0.2) is 13.1 Å². The molecule has 0 saturated carbocycles. The molecule has 39 valence electrons. The maximum absolute atomic E-state index is 4.90. The van der Waals surface area contributed by atoms with Crippen molar-refractivity contribution < 1.29 is 19.9 Å². The Kier molecular flexibility index (Phi) is 16.0. The van der Waals surface area contributed by atoms with Gasteiger partial charge in [0.1, 0.15) is 0 Å². The molecule has 0 aliphatic rings. The van der Waals surface area contributed by atoms with Gasteiger partial charge in [-0.3, -0.25) is 0 Å². The predicted molar refractivity (Wildman–Crippen MR) is 20.3 cm³/mol. The van der Waals surface area contributed by atoms with Crippen LogP contribution in [0.15, 0.2) is 0 Å². The van der Waals surface area contributed by atoms with Gasteiger partial charge in [-0.15, -0.1) is 0 Å². The summed E-state index contributed by atoms with van der Waals surface area (Å²) in [7, 11) is 0. The largest absolute Gasteiger partial charge is 2.00 e. The average Bonchev–Trinajstić information content (AvgIpc) is 1.37. The standard InChI is InChI=1S/C2H8N2.Cu.2H/c3-1-2-4;;;/h1-4H2;;;/q;+2;2*-1. The van der Waals surface area contributed by atoms with Crippen molar-refractivity contribution in [2.75, 3.05) is 13.1 Å². The average molecular weight is 126 g/mol. The first-order valence-corrected chi connectivity index (χ1v) is 1.32. The van der Waals surface area contributed by atoms with E-state index in [2.05, 4.69) is 0 Å². The Morgan fingerprint density at radius 1 is 1.20 bits per heavy atom. The fraction of sp³-hybridized carbons (Fsp3) is 1.00. The van der Waals surface area contributed by atoms with E-state index in [1.54, 1.807) is 0 Å². The minimum absolute atomic E-state index is 0. The summed E-state index contributed by atoms with van der Waals surface area (Å²) in [6, 6.07) is 0. The van der Waals surface area contributed by atoms with E-state index in [9.17, 15) is 0 Å². The van der Waals surface area contributed by atoms with E-state index in [0.29, 0.717) is 13.1 Å². The van der Waals surface area contributed by atoms with E-state index in [1.807, 2.05) is 0 Å². The third-order valence-corrected chi connectivity index (χ3v) is 0.167. The van der Waals surface area contributed by atoms with Crippen molar-refractivity contribution in [1.29, 1.82) is 0 Å². The molecule has 0 spiro atoms. The van der Waals surface area contributed by atoms with Crippen molar-refractivity contribution in [3.8, 4) is 0 Å². The van der Waals surface area contributed by atoms with Gasteiger partial charge in [-0.05, 0) is 0 Å². The van der Waals surface area contributed by atoms with E-state index >= 15 is 0 Å². The second-order valence-corrected chi connectivity index (χ2v) is 0.577. The van der Waals surface area contributed by atoms with Gasteiger partial charge in [0.2, 0.25) is 0 Å². The van der Waals surface area contributed by atoms with E-state index < -0.39 is 0 Å². The molecule has 3 heteroatoms. The van der Waals surface area contributed by atoms with Crippen LogP contribution in [0.25, 0.3) is 0 Å². The van der Waals surface area contributed by atoms with Gasteiger partial charge in [-0.1, -0.05) is 0 Å². The predicted octanol–water partition coefficient (Wildman–Crippen LogP) is -0.874. The van der Waals surface area contributed by atoms with Crippen LogP contribution in [0.2, 0.25) is 0 Å². The fourth-order valence-corrected chi connectivity index (χ4v) is 0. The third-order valence-electron chi connectivity index (χ3n) is 0.167. The summed E-state index contributed by atoms with van der Waals surface area (Å²) in [5, 5.41) is 0. The Labute approximate surface area is 45.3 Å². The molecule has 4 N–H and O–H groups in total. The number of hydrogen-bond acceptors (Lipinski definition) is 2.